The predicted molar refractivity (Wildman–Crippen MR) is 78.3 cm³/mol. The molecule has 0 aromatic carbocycles. The fourth-order valence-corrected chi connectivity index (χ4v) is 2.81. The van der Waals surface area contributed by atoms with Crippen LogP contribution in [0.2, 0.25) is 0 Å². The van der Waals surface area contributed by atoms with Crippen LogP contribution in [0.4, 0.5) is 0 Å². The van der Waals surface area contributed by atoms with Gasteiger partial charge >= 0.3 is 0 Å². The summed E-state index contributed by atoms with van der Waals surface area (Å²) in [6.45, 7) is 12.1. The summed E-state index contributed by atoms with van der Waals surface area (Å²) < 4.78 is 5.23. The van der Waals surface area contributed by atoms with Gasteiger partial charge in [0.15, 0.2) is 0 Å². The number of carbonyl (C=O) groups is 2. The number of rotatable bonds is 4. The molecular formula is C15H28N2O3. The number of ether oxygens (including phenoxy) is 1. The van der Waals surface area contributed by atoms with Gasteiger partial charge in [-0.1, -0.05) is 27.7 Å². The minimum Gasteiger partial charge on any atom is -0.382 e. The molecule has 20 heavy (non-hydrogen) atoms. The molecule has 1 aliphatic heterocycles. The monoisotopic (exact) mass is 284 g/mol. The van der Waals surface area contributed by atoms with E-state index in [1.807, 2.05) is 41.5 Å². The number of nitrogens with zero attached hydrogens (tertiary/aromatic N) is 1. The van der Waals surface area contributed by atoms with Crippen molar-refractivity contribution in [3.8, 4) is 0 Å². The summed E-state index contributed by atoms with van der Waals surface area (Å²) in [7, 11) is 1.61. The second-order valence-corrected chi connectivity index (χ2v) is 7.19. The SMILES string of the molecule is CCC1C(=O)NC(C(C)(C)C)C(=O)N1C(C)(C)COC. The van der Waals surface area contributed by atoms with Crippen LogP contribution in [0.5, 0.6) is 0 Å². The number of carbonyl (C=O) groups excluding carboxylic acids is 2. The summed E-state index contributed by atoms with van der Waals surface area (Å²) >= 11 is 0. The maximum atomic E-state index is 12.9. The molecular weight excluding hydrogens is 256 g/mol. The predicted octanol–water partition coefficient (Wildman–Crippen LogP) is 1.56. The molecule has 0 spiro atoms. The quantitative estimate of drug-likeness (QED) is 0.852. The minimum atomic E-state index is -0.506. The Hall–Kier alpha value is -1.10. The number of methoxy groups -OCH3 is 1. The van der Waals surface area contributed by atoms with Crippen molar-refractivity contribution in [3.05, 3.63) is 0 Å². The highest BCUT2D eigenvalue weighted by atomic mass is 16.5. The van der Waals surface area contributed by atoms with Gasteiger partial charge in [-0.2, -0.15) is 0 Å². The summed E-state index contributed by atoms with van der Waals surface area (Å²) in [5.74, 6) is -0.0952. The number of hydrogen-bond donors (Lipinski definition) is 1. The lowest BCUT2D eigenvalue weighted by Gasteiger charge is -2.49. The van der Waals surface area contributed by atoms with Crippen LogP contribution in [0.1, 0.15) is 48.0 Å². The molecule has 1 saturated heterocycles. The van der Waals surface area contributed by atoms with Crippen LogP contribution in [-0.4, -0.2) is 48.1 Å². The lowest BCUT2D eigenvalue weighted by Crippen LogP contribution is -2.71. The van der Waals surface area contributed by atoms with Gasteiger partial charge in [0.1, 0.15) is 12.1 Å². The van der Waals surface area contributed by atoms with E-state index in [0.29, 0.717) is 13.0 Å². The van der Waals surface area contributed by atoms with Gasteiger partial charge in [0, 0.05) is 7.11 Å². The summed E-state index contributed by atoms with van der Waals surface area (Å²) in [6, 6.07) is -0.916. The van der Waals surface area contributed by atoms with Crippen molar-refractivity contribution in [2.45, 2.75) is 65.6 Å². The Balaban J connectivity index is 3.20. The molecule has 2 unspecified atom stereocenters. The van der Waals surface area contributed by atoms with E-state index in [1.54, 1.807) is 12.0 Å². The Labute approximate surface area is 122 Å². The van der Waals surface area contributed by atoms with Gasteiger partial charge < -0.3 is 15.0 Å². The van der Waals surface area contributed by atoms with E-state index in [-0.39, 0.29) is 17.2 Å². The number of amides is 2. The van der Waals surface area contributed by atoms with Crippen molar-refractivity contribution in [2.24, 2.45) is 5.41 Å². The largest absolute Gasteiger partial charge is 0.382 e. The third-order valence-electron chi connectivity index (χ3n) is 3.79. The zero-order chi connectivity index (χ0) is 15.7. The Morgan fingerprint density at radius 3 is 2.15 bits per heavy atom. The van der Waals surface area contributed by atoms with E-state index >= 15 is 0 Å². The molecule has 1 N–H and O–H groups in total. The van der Waals surface area contributed by atoms with Crippen molar-refractivity contribution in [3.63, 3.8) is 0 Å². The van der Waals surface area contributed by atoms with Gasteiger partial charge in [-0.25, -0.2) is 0 Å². The molecule has 5 heteroatoms. The van der Waals surface area contributed by atoms with Gasteiger partial charge in [0.2, 0.25) is 11.8 Å². The topological polar surface area (TPSA) is 58.6 Å². The zero-order valence-electron chi connectivity index (χ0n) is 13.7. The van der Waals surface area contributed by atoms with E-state index in [9.17, 15) is 9.59 Å². The molecule has 116 valence electrons. The average molecular weight is 284 g/mol. The van der Waals surface area contributed by atoms with Crippen LogP contribution in [0.25, 0.3) is 0 Å². The highest BCUT2D eigenvalue weighted by molar-refractivity contribution is 5.97. The number of piperazine rings is 1. The van der Waals surface area contributed by atoms with Gasteiger partial charge in [-0.15, -0.1) is 0 Å². The van der Waals surface area contributed by atoms with Crippen molar-refractivity contribution >= 4 is 11.8 Å². The lowest BCUT2D eigenvalue weighted by atomic mass is 9.82. The summed E-state index contributed by atoms with van der Waals surface area (Å²) in [5.41, 5.74) is -0.819. The molecule has 1 rings (SSSR count). The Morgan fingerprint density at radius 2 is 1.75 bits per heavy atom. The first-order valence-corrected chi connectivity index (χ1v) is 7.18. The zero-order valence-corrected chi connectivity index (χ0v) is 13.7. The van der Waals surface area contributed by atoms with Crippen molar-refractivity contribution in [1.82, 2.24) is 10.2 Å². The molecule has 1 fully saturated rings. The highest BCUT2D eigenvalue weighted by Crippen LogP contribution is 2.30. The average Bonchev–Trinajstić information content (AvgIpc) is 2.29. The Kier molecular flexibility index (Phi) is 4.85. The molecule has 0 aromatic rings. The van der Waals surface area contributed by atoms with Crippen molar-refractivity contribution < 1.29 is 14.3 Å². The van der Waals surface area contributed by atoms with Crippen LogP contribution in [0.3, 0.4) is 0 Å². The van der Waals surface area contributed by atoms with Crippen molar-refractivity contribution in [2.75, 3.05) is 13.7 Å². The first-order chi connectivity index (χ1) is 9.06. The fraction of sp³-hybridized carbons (Fsp3) is 0.867. The van der Waals surface area contributed by atoms with E-state index in [1.165, 1.54) is 0 Å². The van der Waals surface area contributed by atoms with Gasteiger partial charge in [0.25, 0.3) is 0 Å². The van der Waals surface area contributed by atoms with E-state index in [0.717, 1.165) is 0 Å². The second kappa shape index (κ2) is 5.72. The second-order valence-electron chi connectivity index (χ2n) is 7.19. The number of nitrogens with one attached hydrogen (secondary N) is 1. The first kappa shape index (κ1) is 17.0. The van der Waals surface area contributed by atoms with Crippen LogP contribution >= 0.6 is 0 Å². The summed E-state index contributed by atoms with van der Waals surface area (Å²) in [6.07, 6.45) is 0.599. The minimum absolute atomic E-state index is 0.0222. The van der Waals surface area contributed by atoms with Crippen molar-refractivity contribution in [1.29, 1.82) is 0 Å². The fourth-order valence-electron chi connectivity index (χ4n) is 2.81. The standard InChI is InChI=1S/C15H28N2O3/c1-8-10-12(18)16-11(14(2,3)4)13(19)17(10)15(5,6)9-20-7/h10-11H,8-9H2,1-7H3,(H,16,18). The highest BCUT2D eigenvalue weighted by Gasteiger charge is 2.49. The summed E-state index contributed by atoms with van der Waals surface area (Å²) in [5, 5.41) is 2.88. The van der Waals surface area contributed by atoms with Crippen LogP contribution in [0.15, 0.2) is 0 Å². The molecule has 5 nitrogen and oxygen atoms in total. The normalized spacial score (nSPS) is 24.9. The molecule has 2 atom stereocenters. The molecule has 0 radical (unpaired) electrons. The molecule has 0 aliphatic carbocycles. The van der Waals surface area contributed by atoms with Crippen LogP contribution in [0, 0.1) is 5.41 Å². The Bertz CT molecular complexity index is 385. The van der Waals surface area contributed by atoms with Gasteiger partial charge in [-0.05, 0) is 25.7 Å². The van der Waals surface area contributed by atoms with Crippen LogP contribution < -0.4 is 5.32 Å². The van der Waals surface area contributed by atoms with Gasteiger partial charge in [-0.3, -0.25) is 9.59 Å². The molecule has 1 heterocycles. The maximum Gasteiger partial charge on any atom is 0.246 e. The molecule has 0 bridgehead atoms. The van der Waals surface area contributed by atoms with E-state index in [4.69, 9.17) is 4.74 Å². The molecule has 2 amide bonds. The first-order valence-electron chi connectivity index (χ1n) is 7.18. The van der Waals surface area contributed by atoms with Crippen LogP contribution in [-0.2, 0) is 14.3 Å². The maximum absolute atomic E-state index is 12.9. The third-order valence-corrected chi connectivity index (χ3v) is 3.79. The van der Waals surface area contributed by atoms with E-state index < -0.39 is 17.6 Å². The Morgan fingerprint density at radius 1 is 1.20 bits per heavy atom. The third kappa shape index (κ3) is 3.14. The number of hydrogen-bond acceptors (Lipinski definition) is 3. The van der Waals surface area contributed by atoms with Gasteiger partial charge in [0.05, 0.1) is 12.1 Å². The molecule has 0 aromatic heterocycles. The lowest BCUT2D eigenvalue weighted by molar-refractivity contribution is -0.161. The molecule has 1 aliphatic rings. The molecule has 0 saturated carbocycles. The van der Waals surface area contributed by atoms with E-state index in [2.05, 4.69) is 5.32 Å². The summed E-state index contributed by atoms with van der Waals surface area (Å²) in [4.78, 5) is 26.9. The smallest absolute Gasteiger partial charge is 0.246 e.